The van der Waals surface area contributed by atoms with Gasteiger partial charge in [0.25, 0.3) is 5.91 Å². The number of ether oxygens (including phenoxy) is 1. The largest absolute Gasteiger partial charge is 0.494 e. The zero-order valence-electron chi connectivity index (χ0n) is 14.8. The standard InChI is InChI=1S/C21H23FN2O2/c1-2-26-18-8-4-6-15(10-18)21(25)24-13-16-11-23-12-19(16)20(24)14-5-3-7-17(22)9-14/h3-10,16,19-20,23H,2,11-13H2,1H3/t16-,19-,20+/m0/s1. The van der Waals surface area contributed by atoms with Crippen LogP contribution in [0.3, 0.4) is 0 Å². The number of amides is 1. The summed E-state index contributed by atoms with van der Waals surface area (Å²) in [5, 5.41) is 3.41. The molecule has 4 nitrogen and oxygen atoms in total. The van der Waals surface area contributed by atoms with Crippen LogP contribution in [-0.4, -0.2) is 37.0 Å². The summed E-state index contributed by atoms with van der Waals surface area (Å²) < 4.78 is 19.3. The van der Waals surface area contributed by atoms with E-state index in [9.17, 15) is 9.18 Å². The second-order valence-corrected chi connectivity index (χ2v) is 7.00. The number of likely N-dealkylation sites (tertiary alicyclic amines) is 1. The van der Waals surface area contributed by atoms with E-state index >= 15 is 0 Å². The predicted molar refractivity (Wildman–Crippen MR) is 97.6 cm³/mol. The molecule has 1 amide bonds. The Balaban J connectivity index is 1.67. The van der Waals surface area contributed by atoms with Crippen LogP contribution >= 0.6 is 0 Å². The van der Waals surface area contributed by atoms with E-state index < -0.39 is 0 Å². The lowest BCUT2D eigenvalue weighted by Crippen LogP contribution is -2.34. The minimum Gasteiger partial charge on any atom is -0.494 e. The highest BCUT2D eigenvalue weighted by Crippen LogP contribution is 2.43. The second kappa shape index (κ2) is 7.08. The Morgan fingerprint density at radius 1 is 1.23 bits per heavy atom. The molecule has 0 unspecified atom stereocenters. The lowest BCUT2D eigenvalue weighted by molar-refractivity contribution is 0.0713. The zero-order valence-corrected chi connectivity index (χ0v) is 14.8. The first-order valence-corrected chi connectivity index (χ1v) is 9.17. The van der Waals surface area contributed by atoms with Crippen molar-refractivity contribution in [2.24, 2.45) is 11.8 Å². The molecule has 2 aromatic rings. The van der Waals surface area contributed by atoms with Crippen molar-refractivity contribution in [3.8, 4) is 5.75 Å². The van der Waals surface area contributed by atoms with Crippen LogP contribution in [0.5, 0.6) is 5.75 Å². The van der Waals surface area contributed by atoms with Crippen molar-refractivity contribution in [1.29, 1.82) is 0 Å². The maximum Gasteiger partial charge on any atom is 0.254 e. The Morgan fingerprint density at radius 3 is 2.88 bits per heavy atom. The molecule has 2 heterocycles. The van der Waals surface area contributed by atoms with Crippen molar-refractivity contribution >= 4 is 5.91 Å². The van der Waals surface area contributed by atoms with Crippen LogP contribution in [0.1, 0.15) is 28.9 Å². The highest BCUT2D eigenvalue weighted by Gasteiger charge is 2.46. The average molecular weight is 354 g/mol. The summed E-state index contributed by atoms with van der Waals surface area (Å²) in [4.78, 5) is 15.2. The summed E-state index contributed by atoms with van der Waals surface area (Å²) in [6.07, 6.45) is 0. The van der Waals surface area contributed by atoms with Gasteiger partial charge in [-0.1, -0.05) is 18.2 Å². The van der Waals surface area contributed by atoms with Crippen LogP contribution in [0.15, 0.2) is 48.5 Å². The number of halogens is 1. The molecule has 0 aliphatic carbocycles. The number of hydrogen-bond acceptors (Lipinski definition) is 3. The van der Waals surface area contributed by atoms with Gasteiger partial charge in [0.2, 0.25) is 0 Å². The topological polar surface area (TPSA) is 41.6 Å². The molecule has 2 aliphatic rings. The highest BCUT2D eigenvalue weighted by molar-refractivity contribution is 5.95. The SMILES string of the molecule is CCOc1cccc(C(=O)N2C[C@@H]3CNC[C@@H]3[C@H]2c2cccc(F)c2)c1. The molecule has 2 aliphatic heterocycles. The molecule has 136 valence electrons. The van der Waals surface area contributed by atoms with E-state index in [1.165, 1.54) is 6.07 Å². The summed E-state index contributed by atoms with van der Waals surface area (Å²) in [6.45, 7) is 4.93. The van der Waals surface area contributed by atoms with Crippen molar-refractivity contribution in [2.75, 3.05) is 26.2 Å². The van der Waals surface area contributed by atoms with Gasteiger partial charge < -0.3 is 15.0 Å². The number of nitrogens with zero attached hydrogens (tertiary/aromatic N) is 1. The minimum atomic E-state index is -0.261. The summed E-state index contributed by atoms with van der Waals surface area (Å²) in [6, 6.07) is 13.8. The number of benzene rings is 2. The van der Waals surface area contributed by atoms with E-state index in [0.717, 1.165) is 18.7 Å². The molecular formula is C21H23FN2O2. The van der Waals surface area contributed by atoms with E-state index in [0.29, 0.717) is 36.3 Å². The minimum absolute atomic E-state index is 0.0183. The van der Waals surface area contributed by atoms with Crippen LogP contribution in [0.4, 0.5) is 4.39 Å². The third-order valence-electron chi connectivity index (χ3n) is 5.41. The Morgan fingerprint density at radius 2 is 2.08 bits per heavy atom. The van der Waals surface area contributed by atoms with Gasteiger partial charge in [0.1, 0.15) is 11.6 Å². The van der Waals surface area contributed by atoms with Gasteiger partial charge in [-0.2, -0.15) is 0 Å². The lowest BCUT2D eigenvalue weighted by atomic mass is 9.89. The first-order chi connectivity index (χ1) is 12.7. The van der Waals surface area contributed by atoms with E-state index in [4.69, 9.17) is 4.74 Å². The molecule has 2 saturated heterocycles. The molecular weight excluding hydrogens is 331 g/mol. The summed E-state index contributed by atoms with van der Waals surface area (Å²) in [7, 11) is 0. The van der Waals surface area contributed by atoms with Gasteiger partial charge in [-0.15, -0.1) is 0 Å². The molecule has 2 aromatic carbocycles. The first kappa shape index (κ1) is 17.0. The smallest absolute Gasteiger partial charge is 0.254 e. The second-order valence-electron chi connectivity index (χ2n) is 7.00. The molecule has 0 saturated carbocycles. The fourth-order valence-corrected chi connectivity index (χ4v) is 4.30. The van der Waals surface area contributed by atoms with Crippen molar-refractivity contribution < 1.29 is 13.9 Å². The fourth-order valence-electron chi connectivity index (χ4n) is 4.30. The molecule has 5 heteroatoms. The Bertz CT molecular complexity index is 810. The first-order valence-electron chi connectivity index (χ1n) is 9.17. The van der Waals surface area contributed by atoms with E-state index in [1.54, 1.807) is 18.2 Å². The molecule has 0 bridgehead atoms. The quantitative estimate of drug-likeness (QED) is 0.916. The monoisotopic (exact) mass is 354 g/mol. The van der Waals surface area contributed by atoms with E-state index in [-0.39, 0.29) is 17.8 Å². The van der Waals surface area contributed by atoms with Crippen LogP contribution in [0.2, 0.25) is 0 Å². The normalized spacial score (nSPS) is 24.5. The van der Waals surface area contributed by atoms with Crippen LogP contribution < -0.4 is 10.1 Å². The highest BCUT2D eigenvalue weighted by atomic mass is 19.1. The van der Waals surface area contributed by atoms with Crippen molar-refractivity contribution in [2.45, 2.75) is 13.0 Å². The summed E-state index contributed by atoms with van der Waals surface area (Å²) in [5.41, 5.74) is 1.49. The Kier molecular flexibility index (Phi) is 4.64. The van der Waals surface area contributed by atoms with E-state index in [1.807, 2.05) is 36.1 Å². The summed E-state index contributed by atoms with van der Waals surface area (Å²) in [5.74, 6) is 1.14. The third kappa shape index (κ3) is 3.07. The number of fused-ring (bicyclic) bond motifs is 1. The van der Waals surface area contributed by atoms with E-state index in [2.05, 4.69) is 5.32 Å². The van der Waals surface area contributed by atoms with Crippen LogP contribution in [0, 0.1) is 17.7 Å². The van der Waals surface area contributed by atoms with Gasteiger partial charge in [0, 0.05) is 31.1 Å². The summed E-state index contributed by atoms with van der Waals surface area (Å²) >= 11 is 0. The van der Waals surface area contributed by atoms with Crippen LogP contribution in [-0.2, 0) is 0 Å². The molecule has 3 atom stereocenters. The number of rotatable bonds is 4. The maximum absolute atomic E-state index is 13.8. The molecule has 2 fully saturated rings. The Hall–Kier alpha value is -2.40. The lowest BCUT2D eigenvalue weighted by Gasteiger charge is -2.28. The molecule has 4 rings (SSSR count). The fraction of sp³-hybridized carbons (Fsp3) is 0.381. The Labute approximate surface area is 153 Å². The molecule has 0 spiro atoms. The number of carbonyl (C=O) groups is 1. The van der Waals surface area contributed by atoms with Gasteiger partial charge in [-0.3, -0.25) is 4.79 Å². The molecule has 0 aromatic heterocycles. The van der Waals surface area contributed by atoms with Gasteiger partial charge in [-0.05, 0) is 48.7 Å². The maximum atomic E-state index is 13.8. The van der Waals surface area contributed by atoms with Crippen LogP contribution in [0.25, 0.3) is 0 Å². The van der Waals surface area contributed by atoms with Gasteiger partial charge in [0.15, 0.2) is 0 Å². The molecule has 1 N–H and O–H groups in total. The van der Waals surface area contributed by atoms with Crippen molar-refractivity contribution in [3.05, 3.63) is 65.5 Å². The number of nitrogens with one attached hydrogen (secondary N) is 1. The van der Waals surface area contributed by atoms with Gasteiger partial charge in [-0.25, -0.2) is 4.39 Å². The van der Waals surface area contributed by atoms with Crippen molar-refractivity contribution in [1.82, 2.24) is 10.2 Å². The van der Waals surface area contributed by atoms with Gasteiger partial charge >= 0.3 is 0 Å². The molecule has 26 heavy (non-hydrogen) atoms. The van der Waals surface area contributed by atoms with Gasteiger partial charge in [0.05, 0.1) is 12.6 Å². The number of carbonyl (C=O) groups excluding carboxylic acids is 1. The zero-order chi connectivity index (χ0) is 18.1. The van der Waals surface area contributed by atoms with Crippen molar-refractivity contribution in [3.63, 3.8) is 0 Å². The number of hydrogen-bond donors (Lipinski definition) is 1. The predicted octanol–water partition coefficient (Wildman–Crippen LogP) is 3.26. The molecule has 0 radical (unpaired) electrons. The average Bonchev–Trinajstić information content (AvgIpc) is 3.22. The third-order valence-corrected chi connectivity index (χ3v) is 5.41.